The van der Waals surface area contributed by atoms with Crippen LogP contribution >= 0.6 is 15.6 Å². The average molecular weight is 1090 g/mol. The van der Waals surface area contributed by atoms with Crippen LogP contribution in [0.3, 0.4) is 0 Å². The van der Waals surface area contributed by atoms with E-state index in [2.05, 4.69) is 29.8 Å². The number of nitrogen functional groups attached to an aromatic ring is 2. The Hall–Kier alpha value is -6.37. The Bertz CT molecular complexity index is 3040. The van der Waals surface area contributed by atoms with Crippen molar-refractivity contribution in [2.24, 2.45) is 0 Å². The summed E-state index contributed by atoms with van der Waals surface area (Å²) in [5, 5.41) is 14.5. The molecular weight excluding hydrogens is 1040 g/mol. The lowest BCUT2D eigenvalue weighted by molar-refractivity contribution is -0.181. The zero-order valence-corrected chi connectivity index (χ0v) is 40.8. The molecule has 0 radical (unpaired) electrons. The summed E-state index contributed by atoms with van der Waals surface area (Å²) in [6.07, 6.45) is -10.4. The summed E-state index contributed by atoms with van der Waals surface area (Å²) in [4.78, 5) is 100. The number of aromatic nitrogens is 6. The number of rotatable bonds is 19. The Labute approximate surface area is 422 Å². The van der Waals surface area contributed by atoms with Gasteiger partial charge in [0.05, 0.1) is 26.0 Å². The molecule has 0 spiro atoms. The number of carbonyl (C=O) groups is 3. The third-order valence-electron chi connectivity index (χ3n) is 12.3. The molecule has 2 amide bonds. The van der Waals surface area contributed by atoms with Crippen LogP contribution in [0.5, 0.6) is 0 Å². The second-order valence-corrected chi connectivity index (χ2v) is 20.1. The first-order valence-corrected chi connectivity index (χ1v) is 26.0. The van der Waals surface area contributed by atoms with Crippen LogP contribution in [0.1, 0.15) is 42.8 Å². The molecule has 32 heteroatoms. The van der Waals surface area contributed by atoms with Gasteiger partial charge < -0.3 is 65.0 Å². The number of halogens is 1. The molecule has 0 aliphatic carbocycles. The molecule has 0 bridgehead atoms. The maximum atomic E-state index is 14.0. The summed E-state index contributed by atoms with van der Waals surface area (Å²) in [5.41, 5.74) is 12.5. The summed E-state index contributed by atoms with van der Waals surface area (Å²) in [5.74, 6) is -1.96. The van der Waals surface area contributed by atoms with Crippen LogP contribution in [-0.4, -0.2) is 147 Å². The molecule has 5 aromatic rings. The second-order valence-electron chi connectivity index (χ2n) is 17.4. The van der Waals surface area contributed by atoms with Gasteiger partial charge in [-0.15, -0.1) is 0 Å². The van der Waals surface area contributed by atoms with Crippen molar-refractivity contribution in [3.63, 3.8) is 0 Å². The zero-order valence-electron chi connectivity index (χ0n) is 39.0. The number of nitrogens with one attached hydrogen (secondary N) is 1. The van der Waals surface area contributed by atoms with E-state index in [0.717, 1.165) is 15.8 Å². The van der Waals surface area contributed by atoms with Gasteiger partial charge in [0.2, 0.25) is 5.91 Å². The van der Waals surface area contributed by atoms with Crippen molar-refractivity contribution in [3.8, 4) is 0 Å². The topological polar surface area (TPSA) is 395 Å². The quantitative estimate of drug-likeness (QED) is 0.0451. The van der Waals surface area contributed by atoms with Crippen LogP contribution in [0.2, 0.25) is 0 Å². The molecule has 4 aliphatic heterocycles. The van der Waals surface area contributed by atoms with Crippen molar-refractivity contribution < 1.29 is 89.7 Å². The van der Waals surface area contributed by atoms with Gasteiger partial charge in [0.1, 0.15) is 66.6 Å². The van der Waals surface area contributed by atoms with Crippen molar-refractivity contribution in [3.05, 3.63) is 101 Å². The van der Waals surface area contributed by atoms with Crippen LogP contribution < -0.4 is 22.5 Å². The molecule has 4 fully saturated rings. The fourth-order valence-corrected chi connectivity index (χ4v) is 9.87. The molecule has 7 heterocycles. The molecular formula is C43H49FN10O19P2. The Morgan fingerprint density at radius 1 is 0.867 bits per heavy atom. The molecule has 2 unspecified atom stereocenters. The van der Waals surface area contributed by atoms with Gasteiger partial charge in [0.15, 0.2) is 36.3 Å². The molecule has 9 N–H and O–H groups in total. The number of aliphatic hydroxyl groups excluding tert-OH is 1. The number of benzene rings is 2. The zero-order chi connectivity index (χ0) is 53.2. The van der Waals surface area contributed by atoms with Crippen LogP contribution in [0.25, 0.3) is 11.2 Å². The Morgan fingerprint density at radius 3 is 2.28 bits per heavy atom. The highest BCUT2D eigenvalue weighted by molar-refractivity contribution is 7.47. The summed E-state index contributed by atoms with van der Waals surface area (Å²) in [6.45, 7) is -1.81. The van der Waals surface area contributed by atoms with Gasteiger partial charge in [0.25, 0.3) is 0 Å². The summed E-state index contributed by atoms with van der Waals surface area (Å²) in [6, 6.07) is 12.0. The number of fused-ring (bicyclic) bond motifs is 1. The van der Waals surface area contributed by atoms with Crippen LogP contribution in [0, 0.1) is 5.82 Å². The lowest BCUT2D eigenvalue weighted by Gasteiger charge is -2.38. The number of phosphoric acid groups is 2. The van der Waals surface area contributed by atoms with Crippen LogP contribution in [-0.2, 0) is 73.7 Å². The van der Waals surface area contributed by atoms with Gasteiger partial charge in [-0.25, -0.2) is 42.9 Å². The minimum Gasteiger partial charge on any atom is -0.455 e. The van der Waals surface area contributed by atoms with E-state index in [1.165, 1.54) is 47.4 Å². The molecule has 75 heavy (non-hydrogen) atoms. The minimum absolute atomic E-state index is 0.0134. The standard InChI is InChI=1S/C43H49FN10O19P2/c44-24-7-3-22(4-8-24)16-30(55)50-25-9-5-23(6-10-25)17-66-43(59)52-13-11-26(52)41(57)72-34-27(69-39(33(34)56)54-21-49-32-37(46)47-20-48-38(32)54)19-68-75(63,64)73-35-28(18-67-74(60,61)62)70-40(36(35)71-31-2-1-15-65-31)53-14-12-29(45)51-42(53)58/h3-10,12,14,20-21,26-28,31,33-36,39-40,56H,1-2,11,13,15-19H2,(H,50,55)(H,63,64)(H2,45,51,58)(H2,46,47,48)(H2,60,61,62)/t26-,27+,28+,31?,33+,34+,35+,36+,39+,40+/m0/s1. The smallest absolute Gasteiger partial charge is 0.455 e. The fraction of sp³-hybridized carbons (Fsp3) is 0.442. The first-order chi connectivity index (χ1) is 35.8. The predicted octanol–water partition coefficient (Wildman–Crippen LogP) is 1.18. The van der Waals surface area contributed by atoms with E-state index in [-0.39, 0.29) is 61.3 Å². The van der Waals surface area contributed by atoms with Gasteiger partial charge in [0, 0.05) is 31.5 Å². The minimum atomic E-state index is -5.45. The third kappa shape index (κ3) is 12.7. The first-order valence-electron chi connectivity index (χ1n) is 23.0. The summed E-state index contributed by atoms with van der Waals surface area (Å²) < 4.78 is 92.1. The van der Waals surface area contributed by atoms with Gasteiger partial charge in [-0.1, -0.05) is 24.3 Å². The van der Waals surface area contributed by atoms with Gasteiger partial charge in [-0.3, -0.25) is 32.4 Å². The van der Waals surface area contributed by atoms with Crippen molar-refractivity contribution in [2.75, 3.05) is 43.1 Å². The highest BCUT2D eigenvalue weighted by Crippen LogP contribution is 2.51. The molecule has 4 saturated heterocycles. The SMILES string of the molecule is Nc1ccn([C@@H]2O[C@H](COP(=O)(O)O)[C@@H](OP(=O)(O)OC[C@H]3O[C@@H](n4cnc5c(N)ncnc54)[C@H](O)[C@@H]3OC(=O)[C@@H]3CCN3C(=O)OCc3ccc(NC(=O)Cc4ccc(F)cc4)cc3)[C@H]2OC2CCCO2)c(=O)n1. The fourth-order valence-electron chi connectivity index (χ4n) is 8.56. The highest BCUT2D eigenvalue weighted by Gasteiger charge is 2.54. The summed E-state index contributed by atoms with van der Waals surface area (Å²) >= 11 is 0. The van der Waals surface area contributed by atoms with E-state index in [1.807, 2.05) is 0 Å². The lowest BCUT2D eigenvalue weighted by atomic mass is 10.0. The Balaban J connectivity index is 0.884. The molecule has 2 aromatic carbocycles. The van der Waals surface area contributed by atoms with E-state index in [4.69, 9.17) is 48.9 Å². The number of aliphatic hydroxyl groups is 1. The number of nitrogens with two attached hydrogens (primary N) is 2. The molecule has 29 nitrogen and oxygen atoms in total. The molecule has 0 saturated carbocycles. The van der Waals surface area contributed by atoms with Crippen molar-refractivity contribution in [1.29, 1.82) is 0 Å². The van der Waals surface area contributed by atoms with Crippen molar-refractivity contribution >= 4 is 62.1 Å². The number of phosphoric ester groups is 2. The number of amides is 2. The monoisotopic (exact) mass is 1090 g/mol. The molecule has 4 aliphatic rings. The van der Waals surface area contributed by atoms with Crippen LogP contribution in [0.4, 0.5) is 26.5 Å². The number of anilines is 3. The van der Waals surface area contributed by atoms with Crippen molar-refractivity contribution in [1.82, 2.24) is 34.0 Å². The van der Waals surface area contributed by atoms with E-state index in [9.17, 15) is 52.5 Å². The lowest BCUT2D eigenvalue weighted by Crippen LogP contribution is -2.57. The van der Waals surface area contributed by atoms with E-state index in [1.54, 1.807) is 24.3 Å². The van der Waals surface area contributed by atoms with Gasteiger partial charge in [-0.2, -0.15) is 4.98 Å². The van der Waals surface area contributed by atoms with Crippen LogP contribution in [0.15, 0.2) is 78.2 Å². The maximum absolute atomic E-state index is 14.0. The highest BCUT2D eigenvalue weighted by atomic mass is 31.2. The average Bonchev–Trinajstić information content (AvgIpc) is 4.15. The number of esters is 1. The molecule has 3 aromatic heterocycles. The first kappa shape index (κ1) is 53.5. The second kappa shape index (κ2) is 22.5. The number of hydrogen-bond acceptors (Lipinski definition) is 22. The largest absolute Gasteiger partial charge is 0.472 e. The van der Waals surface area contributed by atoms with Gasteiger partial charge >= 0.3 is 33.4 Å². The Kier molecular flexibility index (Phi) is 16.0. The van der Waals surface area contributed by atoms with Crippen molar-refractivity contribution in [2.45, 2.75) is 93.7 Å². The number of imidazole rings is 1. The Morgan fingerprint density at radius 2 is 1.59 bits per heavy atom. The third-order valence-corrected chi connectivity index (χ3v) is 13.8. The maximum Gasteiger partial charge on any atom is 0.472 e. The van der Waals surface area contributed by atoms with E-state index in [0.29, 0.717) is 29.7 Å². The predicted molar refractivity (Wildman–Crippen MR) is 249 cm³/mol. The normalized spacial score (nSPS) is 26.4. The summed E-state index contributed by atoms with van der Waals surface area (Å²) in [7, 11) is -10.7. The number of carbonyl (C=O) groups excluding carboxylic acids is 3. The number of ether oxygens (including phenoxy) is 6. The van der Waals surface area contributed by atoms with E-state index >= 15 is 0 Å². The molecule has 402 valence electrons. The van der Waals surface area contributed by atoms with Gasteiger partial charge in [-0.05, 0) is 54.3 Å². The number of likely N-dealkylation sites (tertiary alicyclic amines) is 1. The van der Waals surface area contributed by atoms with E-state index < -0.39 is 114 Å². The number of nitrogens with zero attached hydrogens (tertiary/aromatic N) is 7. The molecule has 9 rings (SSSR count). The molecule has 11 atom stereocenters. The number of hydrogen-bond donors (Lipinski definition) is 7.